The Bertz CT molecular complexity index is 1120. The Labute approximate surface area is 146 Å². The highest BCUT2D eigenvalue weighted by Gasteiger charge is 2.17. The number of fused-ring (bicyclic) bond motifs is 1. The van der Waals surface area contributed by atoms with Crippen LogP contribution in [0.2, 0.25) is 0 Å². The van der Waals surface area contributed by atoms with Crippen molar-refractivity contribution in [2.24, 2.45) is 0 Å². The number of aliphatic carboxylic acids is 1. The third kappa shape index (κ3) is 2.65. The lowest BCUT2D eigenvalue weighted by molar-refractivity contribution is -0.136. The molecule has 0 atom stereocenters. The van der Waals surface area contributed by atoms with Crippen LogP contribution in [0, 0.1) is 5.82 Å². The van der Waals surface area contributed by atoms with Gasteiger partial charge >= 0.3 is 5.97 Å². The number of carboxylic acids is 1. The molecule has 8 nitrogen and oxygen atoms in total. The number of benzene rings is 1. The van der Waals surface area contributed by atoms with Gasteiger partial charge in [0.05, 0.1) is 11.3 Å². The van der Waals surface area contributed by atoms with Crippen LogP contribution in [0.5, 0.6) is 0 Å². The molecule has 0 saturated heterocycles. The molecule has 0 fully saturated rings. The number of hydrogen-bond donors (Lipinski definition) is 3. The van der Waals surface area contributed by atoms with Gasteiger partial charge in [-0.2, -0.15) is 5.10 Å². The Morgan fingerprint density at radius 1 is 1.15 bits per heavy atom. The van der Waals surface area contributed by atoms with Gasteiger partial charge in [-0.15, -0.1) is 10.2 Å². The molecule has 0 aliphatic heterocycles. The van der Waals surface area contributed by atoms with E-state index >= 15 is 0 Å². The number of nitrogens with two attached hydrogens (primary N) is 1. The minimum absolute atomic E-state index is 0.254. The van der Waals surface area contributed by atoms with Gasteiger partial charge in [0.1, 0.15) is 18.1 Å². The SMILES string of the molecule is Nc1n[nH]c(-c2ccc(F)cc2)c1-c1ccc2nnc(CC(=O)O)n2c1. The zero-order valence-electron chi connectivity index (χ0n) is 13.3. The summed E-state index contributed by atoms with van der Waals surface area (Å²) in [5.41, 5.74) is 9.24. The van der Waals surface area contributed by atoms with Crippen molar-refractivity contribution in [3.63, 3.8) is 0 Å². The Morgan fingerprint density at radius 3 is 2.62 bits per heavy atom. The number of nitrogens with zero attached hydrogens (tertiary/aromatic N) is 4. The van der Waals surface area contributed by atoms with Crippen molar-refractivity contribution in [2.75, 3.05) is 5.73 Å². The van der Waals surface area contributed by atoms with Crippen molar-refractivity contribution in [3.8, 4) is 22.4 Å². The summed E-state index contributed by atoms with van der Waals surface area (Å²) in [6.45, 7) is 0. The van der Waals surface area contributed by atoms with Crippen LogP contribution < -0.4 is 5.73 Å². The number of anilines is 1. The molecule has 1 aromatic carbocycles. The maximum absolute atomic E-state index is 13.2. The second-order valence-electron chi connectivity index (χ2n) is 5.70. The minimum Gasteiger partial charge on any atom is -0.481 e. The van der Waals surface area contributed by atoms with Gasteiger partial charge < -0.3 is 10.8 Å². The van der Waals surface area contributed by atoms with Crippen molar-refractivity contribution in [1.29, 1.82) is 0 Å². The summed E-state index contributed by atoms with van der Waals surface area (Å²) in [5, 5.41) is 23.8. The van der Waals surface area contributed by atoms with E-state index in [1.165, 1.54) is 12.1 Å². The second-order valence-corrected chi connectivity index (χ2v) is 5.70. The van der Waals surface area contributed by atoms with Gasteiger partial charge in [-0.05, 0) is 36.4 Å². The predicted octanol–water partition coefficient (Wildman–Crippen LogP) is 2.13. The standard InChI is InChI=1S/C17H13FN6O2/c18-11-4-1-9(2-5-11)16-15(17(19)23-22-16)10-3-6-12-20-21-13(7-14(25)26)24(12)8-10/h1-6,8H,7H2,(H,25,26)(H3,19,22,23). The zero-order valence-corrected chi connectivity index (χ0v) is 13.3. The number of carbonyl (C=O) groups is 1. The van der Waals surface area contributed by atoms with Crippen molar-refractivity contribution in [1.82, 2.24) is 24.8 Å². The van der Waals surface area contributed by atoms with Gasteiger partial charge in [0, 0.05) is 17.3 Å². The molecule has 0 radical (unpaired) electrons. The largest absolute Gasteiger partial charge is 0.481 e. The quantitative estimate of drug-likeness (QED) is 0.517. The number of aromatic nitrogens is 5. The first-order valence-electron chi connectivity index (χ1n) is 7.68. The van der Waals surface area contributed by atoms with Gasteiger partial charge in [0.15, 0.2) is 11.5 Å². The smallest absolute Gasteiger partial charge is 0.311 e. The molecule has 0 aliphatic rings. The van der Waals surface area contributed by atoms with Crippen LogP contribution in [0.3, 0.4) is 0 Å². The molecule has 130 valence electrons. The molecule has 0 bridgehead atoms. The summed E-state index contributed by atoms with van der Waals surface area (Å²) in [7, 11) is 0. The lowest BCUT2D eigenvalue weighted by atomic mass is 10.0. The number of halogens is 1. The number of carboxylic acid groups (broad SMARTS) is 1. The minimum atomic E-state index is -1.00. The van der Waals surface area contributed by atoms with Crippen LogP contribution in [0.4, 0.5) is 10.2 Å². The lowest BCUT2D eigenvalue weighted by Gasteiger charge is -2.06. The number of nitrogen functional groups attached to an aromatic ring is 1. The molecular formula is C17H13FN6O2. The van der Waals surface area contributed by atoms with Gasteiger partial charge in [-0.1, -0.05) is 0 Å². The first kappa shape index (κ1) is 15.8. The van der Waals surface area contributed by atoms with E-state index < -0.39 is 5.97 Å². The van der Waals surface area contributed by atoms with Crippen LogP contribution in [0.1, 0.15) is 5.82 Å². The molecule has 4 N–H and O–H groups in total. The van der Waals surface area contributed by atoms with E-state index in [0.717, 1.165) is 5.56 Å². The third-order valence-corrected chi connectivity index (χ3v) is 4.00. The molecule has 3 aromatic heterocycles. The van der Waals surface area contributed by atoms with E-state index in [9.17, 15) is 9.18 Å². The zero-order chi connectivity index (χ0) is 18.3. The Balaban J connectivity index is 1.86. The maximum Gasteiger partial charge on any atom is 0.311 e. The van der Waals surface area contributed by atoms with Crippen LogP contribution in [0.15, 0.2) is 42.6 Å². The average molecular weight is 352 g/mol. The van der Waals surface area contributed by atoms with E-state index in [0.29, 0.717) is 28.3 Å². The molecule has 3 heterocycles. The fraction of sp³-hybridized carbons (Fsp3) is 0.0588. The number of nitrogens with one attached hydrogen (secondary N) is 1. The number of rotatable bonds is 4. The highest BCUT2D eigenvalue weighted by Crippen LogP contribution is 2.34. The number of pyridine rings is 1. The van der Waals surface area contributed by atoms with Gasteiger partial charge in [-0.25, -0.2) is 4.39 Å². The molecule has 9 heteroatoms. The van der Waals surface area contributed by atoms with Crippen LogP contribution >= 0.6 is 0 Å². The highest BCUT2D eigenvalue weighted by molar-refractivity contribution is 5.87. The fourth-order valence-corrected chi connectivity index (χ4v) is 2.82. The summed E-state index contributed by atoms with van der Waals surface area (Å²) in [6.07, 6.45) is 1.46. The summed E-state index contributed by atoms with van der Waals surface area (Å²) >= 11 is 0. The molecule has 0 saturated carbocycles. The topological polar surface area (TPSA) is 122 Å². The maximum atomic E-state index is 13.2. The van der Waals surface area contributed by atoms with E-state index in [1.54, 1.807) is 34.9 Å². The fourth-order valence-electron chi connectivity index (χ4n) is 2.82. The molecule has 0 unspecified atom stereocenters. The number of H-pyrrole nitrogens is 1. The molecule has 26 heavy (non-hydrogen) atoms. The summed E-state index contributed by atoms with van der Waals surface area (Å²) in [4.78, 5) is 11.0. The van der Waals surface area contributed by atoms with Crippen molar-refractivity contribution >= 4 is 17.4 Å². The molecule has 0 amide bonds. The summed E-state index contributed by atoms with van der Waals surface area (Å²) in [6, 6.07) is 9.46. The number of hydrogen-bond acceptors (Lipinski definition) is 5. The first-order valence-corrected chi connectivity index (χ1v) is 7.68. The van der Waals surface area contributed by atoms with Crippen LogP contribution in [-0.4, -0.2) is 35.9 Å². The Kier molecular flexibility index (Phi) is 3.61. The van der Waals surface area contributed by atoms with Crippen molar-refractivity contribution in [2.45, 2.75) is 6.42 Å². The van der Waals surface area contributed by atoms with E-state index in [4.69, 9.17) is 10.8 Å². The average Bonchev–Trinajstić information content (AvgIpc) is 3.18. The van der Waals surface area contributed by atoms with Gasteiger partial charge in [-0.3, -0.25) is 14.3 Å². The monoisotopic (exact) mass is 352 g/mol. The first-order chi connectivity index (χ1) is 12.5. The van der Waals surface area contributed by atoms with E-state index in [1.807, 2.05) is 0 Å². The van der Waals surface area contributed by atoms with Crippen LogP contribution in [0.25, 0.3) is 28.0 Å². The van der Waals surface area contributed by atoms with Gasteiger partial charge in [0.2, 0.25) is 0 Å². The molecule has 0 spiro atoms. The molecule has 4 rings (SSSR count). The van der Waals surface area contributed by atoms with Gasteiger partial charge in [0.25, 0.3) is 0 Å². The van der Waals surface area contributed by atoms with Crippen molar-refractivity contribution in [3.05, 3.63) is 54.2 Å². The summed E-state index contributed by atoms with van der Waals surface area (Å²) in [5.74, 6) is -0.761. The van der Waals surface area contributed by atoms with Crippen molar-refractivity contribution < 1.29 is 14.3 Å². The third-order valence-electron chi connectivity index (χ3n) is 4.00. The Hall–Kier alpha value is -3.75. The molecule has 0 aliphatic carbocycles. The van der Waals surface area contributed by atoms with E-state index in [2.05, 4.69) is 20.4 Å². The lowest BCUT2D eigenvalue weighted by Crippen LogP contribution is -2.04. The molecule has 4 aromatic rings. The predicted molar refractivity (Wildman–Crippen MR) is 91.7 cm³/mol. The second kappa shape index (κ2) is 5.96. The number of aromatic amines is 1. The Morgan fingerprint density at radius 2 is 1.88 bits per heavy atom. The summed E-state index contributed by atoms with van der Waals surface area (Å²) < 4.78 is 14.8. The van der Waals surface area contributed by atoms with Crippen LogP contribution in [-0.2, 0) is 11.2 Å². The highest BCUT2D eigenvalue weighted by atomic mass is 19.1. The molecular weight excluding hydrogens is 339 g/mol. The normalized spacial score (nSPS) is 11.1. The van der Waals surface area contributed by atoms with E-state index in [-0.39, 0.29) is 18.1 Å².